The molecule has 2 saturated heterocycles. The molecule has 0 spiro atoms. The van der Waals surface area contributed by atoms with Gasteiger partial charge in [-0.05, 0) is 108 Å². The number of aryl methyl sites for hydroxylation is 1. The number of likely N-dealkylation sites (tertiary alicyclic amines) is 1. The summed E-state index contributed by atoms with van der Waals surface area (Å²) in [5.74, 6) is -0.722. The van der Waals surface area contributed by atoms with E-state index >= 15 is 0 Å². The van der Waals surface area contributed by atoms with Gasteiger partial charge in [0.1, 0.15) is 23.3 Å². The number of methoxy groups -OCH3 is 2. The van der Waals surface area contributed by atoms with Crippen LogP contribution in [0.2, 0.25) is 0 Å². The van der Waals surface area contributed by atoms with Crippen molar-refractivity contribution in [1.82, 2.24) is 24.6 Å². The number of amides is 5. The van der Waals surface area contributed by atoms with Crippen LogP contribution in [-0.4, -0.2) is 121 Å². The van der Waals surface area contributed by atoms with Gasteiger partial charge < -0.3 is 39.0 Å². The number of rotatable bonds is 15. The quantitative estimate of drug-likeness (QED) is 0.0865. The molecule has 0 radical (unpaired) electrons. The topological polar surface area (TPSA) is 206 Å². The number of nitrogens with zero attached hydrogens (tertiary/aromatic N) is 4. The van der Waals surface area contributed by atoms with Crippen LogP contribution in [-0.2, 0) is 32.8 Å². The molecule has 18 heteroatoms. The van der Waals surface area contributed by atoms with Gasteiger partial charge in [0, 0.05) is 37.7 Å². The van der Waals surface area contributed by atoms with E-state index in [1.165, 1.54) is 11.3 Å². The Morgan fingerprint density at radius 3 is 2.29 bits per heavy atom. The Morgan fingerprint density at radius 1 is 0.952 bits per heavy atom. The van der Waals surface area contributed by atoms with Crippen LogP contribution in [0.1, 0.15) is 71.2 Å². The molecular formula is C44H52N6O11S. The average Bonchev–Trinajstić information content (AvgIpc) is 3.78. The lowest BCUT2D eigenvalue weighted by Crippen LogP contribution is -2.54. The van der Waals surface area contributed by atoms with E-state index in [1.807, 2.05) is 37.3 Å². The minimum absolute atomic E-state index is 0.0455. The highest BCUT2D eigenvalue weighted by molar-refractivity contribution is 7.23. The highest BCUT2D eigenvalue weighted by Gasteiger charge is 2.46. The second kappa shape index (κ2) is 20.2. The van der Waals surface area contributed by atoms with Crippen molar-refractivity contribution in [3.8, 4) is 28.4 Å². The molecule has 2 aromatic heterocycles. The third-order valence-electron chi connectivity index (χ3n) is 11.3. The fourth-order valence-electron chi connectivity index (χ4n) is 8.17. The number of anilines is 1. The Labute approximate surface area is 362 Å². The lowest BCUT2D eigenvalue weighted by molar-refractivity contribution is -0.136. The smallest absolute Gasteiger partial charge is 0.290 e. The number of aromatic nitrogens is 1. The number of benzene rings is 2. The van der Waals surface area contributed by atoms with E-state index in [0.717, 1.165) is 78.0 Å². The highest BCUT2D eigenvalue weighted by Crippen LogP contribution is 2.41. The van der Waals surface area contributed by atoms with Gasteiger partial charge in [0.25, 0.3) is 23.8 Å². The normalized spacial score (nSPS) is 16.8. The zero-order chi connectivity index (χ0) is 44.7. The molecule has 5 heterocycles. The molecule has 3 aliphatic rings. The van der Waals surface area contributed by atoms with E-state index < -0.39 is 29.7 Å². The van der Waals surface area contributed by atoms with Gasteiger partial charge in [-0.1, -0.05) is 6.07 Å². The number of unbranched alkanes of at least 4 members (excludes halogenated alkanes) is 2. The van der Waals surface area contributed by atoms with Crippen molar-refractivity contribution in [2.45, 2.75) is 57.5 Å². The minimum atomic E-state index is -1.03. The molecule has 1 unspecified atom stereocenters. The van der Waals surface area contributed by atoms with Crippen molar-refractivity contribution < 1.29 is 48.1 Å². The van der Waals surface area contributed by atoms with Gasteiger partial charge in [-0.25, -0.2) is 0 Å². The van der Waals surface area contributed by atoms with Crippen molar-refractivity contribution in [1.29, 1.82) is 0 Å². The molecule has 17 nitrogen and oxygen atoms in total. The molecule has 1 atom stereocenters. The first-order chi connectivity index (χ1) is 29.8. The van der Waals surface area contributed by atoms with E-state index in [0.29, 0.717) is 40.8 Å². The lowest BCUT2D eigenvalue weighted by Gasteiger charge is -2.31. The molecule has 2 fully saturated rings. The molecule has 5 amide bonds. The molecule has 4 aromatic rings. The first-order valence-corrected chi connectivity index (χ1v) is 21.2. The molecule has 62 heavy (non-hydrogen) atoms. The maximum Gasteiger partial charge on any atom is 0.290 e. The molecule has 0 saturated carbocycles. The zero-order valence-corrected chi connectivity index (χ0v) is 36.3. The van der Waals surface area contributed by atoms with Crippen LogP contribution in [0.4, 0.5) is 5.00 Å². The Hall–Kier alpha value is -6.11. The number of carboxylic acid groups (broad SMARTS) is 1. The summed E-state index contributed by atoms with van der Waals surface area (Å²) in [5.41, 5.74) is 2.81. The maximum atomic E-state index is 13.5. The van der Waals surface area contributed by atoms with Gasteiger partial charge in [0.2, 0.25) is 17.7 Å². The first-order valence-electron chi connectivity index (χ1n) is 20.4. The Bertz CT molecular complexity index is 2390. The Morgan fingerprint density at radius 2 is 1.65 bits per heavy atom. The number of carbonyl (C=O) groups excluding carboxylic acids is 5. The summed E-state index contributed by atoms with van der Waals surface area (Å²) >= 11 is 1.39. The predicted molar refractivity (Wildman–Crippen MR) is 232 cm³/mol. The number of carbonyl (C=O) groups is 6. The van der Waals surface area contributed by atoms with Crippen molar-refractivity contribution in [3.05, 3.63) is 69.6 Å². The van der Waals surface area contributed by atoms with Crippen LogP contribution in [0.25, 0.3) is 21.2 Å². The zero-order valence-electron chi connectivity index (χ0n) is 35.5. The SMILES string of the molecule is COc1cc(-c2cn(C)c(=O)c3cc(NC(=O)C4CCN(CCCCCOc5cccc6c5C(=O)N(C5CCC(=O)NC5=O)C6=O)CC4)sc23)cc(OC)c1CN(C)C.O=CO. The van der Waals surface area contributed by atoms with Crippen LogP contribution in [0, 0.1) is 5.92 Å². The van der Waals surface area contributed by atoms with E-state index in [-0.39, 0.29) is 47.8 Å². The van der Waals surface area contributed by atoms with Crippen molar-refractivity contribution in [3.63, 3.8) is 0 Å². The van der Waals surface area contributed by atoms with E-state index in [4.69, 9.17) is 24.1 Å². The van der Waals surface area contributed by atoms with Crippen LogP contribution in [0.15, 0.2) is 47.4 Å². The summed E-state index contributed by atoms with van der Waals surface area (Å²) in [6.45, 7) is 3.22. The minimum Gasteiger partial charge on any atom is -0.496 e. The molecule has 3 N–H and O–H groups in total. The number of imide groups is 2. The van der Waals surface area contributed by atoms with Crippen molar-refractivity contribution >= 4 is 62.4 Å². The van der Waals surface area contributed by atoms with Crippen LogP contribution in [0.3, 0.4) is 0 Å². The second-order valence-corrected chi connectivity index (χ2v) is 16.7. The third kappa shape index (κ3) is 9.82. The summed E-state index contributed by atoms with van der Waals surface area (Å²) < 4.78 is 19.9. The number of fused-ring (bicyclic) bond motifs is 2. The van der Waals surface area contributed by atoms with E-state index in [9.17, 15) is 28.8 Å². The van der Waals surface area contributed by atoms with Crippen molar-refractivity contribution in [2.75, 3.05) is 59.9 Å². The van der Waals surface area contributed by atoms with E-state index in [2.05, 4.69) is 15.5 Å². The molecular weight excluding hydrogens is 821 g/mol. The lowest BCUT2D eigenvalue weighted by atomic mass is 9.95. The number of piperidine rings is 2. The standard InChI is InChI=1S/C43H50N6O9S.CH2O2/c1-46(2)23-30-33(56-4)20-26(21-34(30)57-5)29-24-47(3)41(53)28-22-36(59-38(28)29)45-39(51)25-14-17-48(18-15-25)16-7-6-8-19-58-32-11-9-10-27-37(32)43(55)49(42(27)54)31-12-13-35(50)44-40(31)52;2-1-3/h9-11,20-22,24-25,31H,6-8,12-19,23H2,1-5H3,(H,45,51)(H,44,50,52);1H,(H,2,3). The fourth-order valence-corrected chi connectivity index (χ4v) is 9.26. The molecule has 0 aliphatic carbocycles. The van der Waals surface area contributed by atoms with Crippen LogP contribution in [0.5, 0.6) is 17.2 Å². The fraction of sp³-hybridized carbons (Fsp3) is 0.432. The summed E-state index contributed by atoms with van der Waals surface area (Å²) in [5, 5.41) is 13.4. The third-order valence-corrected chi connectivity index (χ3v) is 12.3. The highest BCUT2D eigenvalue weighted by atomic mass is 32.1. The van der Waals surface area contributed by atoms with Crippen LogP contribution < -0.4 is 30.4 Å². The van der Waals surface area contributed by atoms with Gasteiger partial charge in [0.05, 0.1) is 52.6 Å². The van der Waals surface area contributed by atoms with Crippen LogP contribution >= 0.6 is 11.3 Å². The monoisotopic (exact) mass is 872 g/mol. The second-order valence-electron chi connectivity index (χ2n) is 15.7. The Kier molecular flexibility index (Phi) is 14.8. The maximum absolute atomic E-state index is 13.5. The summed E-state index contributed by atoms with van der Waals surface area (Å²) in [6.07, 6.45) is 5.99. The van der Waals surface area contributed by atoms with Gasteiger partial charge in [0.15, 0.2) is 0 Å². The number of nitrogens with one attached hydrogen (secondary N) is 2. The van der Waals surface area contributed by atoms with Crippen molar-refractivity contribution in [2.24, 2.45) is 13.0 Å². The first kappa shape index (κ1) is 45.4. The predicted octanol–water partition coefficient (Wildman–Crippen LogP) is 4.35. The Balaban J connectivity index is 0.00000208. The summed E-state index contributed by atoms with van der Waals surface area (Å²) in [4.78, 5) is 90.9. The van der Waals surface area contributed by atoms with Gasteiger partial charge in [-0.3, -0.25) is 43.8 Å². The van der Waals surface area contributed by atoms with Gasteiger partial charge >= 0.3 is 0 Å². The number of hydrogen-bond acceptors (Lipinski definition) is 13. The number of hydrogen-bond donors (Lipinski definition) is 3. The molecule has 3 aliphatic heterocycles. The number of ether oxygens (including phenoxy) is 3. The van der Waals surface area contributed by atoms with Gasteiger partial charge in [-0.2, -0.15) is 0 Å². The number of thiophene rings is 1. The summed E-state index contributed by atoms with van der Waals surface area (Å²) in [7, 11) is 8.95. The molecule has 7 rings (SSSR count). The molecule has 2 aromatic carbocycles. The largest absolute Gasteiger partial charge is 0.496 e. The van der Waals surface area contributed by atoms with E-state index in [1.54, 1.807) is 50.1 Å². The van der Waals surface area contributed by atoms with Gasteiger partial charge in [-0.15, -0.1) is 11.3 Å². The summed E-state index contributed by atoms with van der Waals surface area (Å²) in [6, 6.07) is 9.52. The average molecular weight is 873 g/mol. The number of pyridine rings is 1. The molecule has 0 bridgehead atoms. The molecule has 330 valence electrons.